The second-order valence-corrected chi connectivity index (χ2v) is 16.4. The number of nitrogens with zero attached hydrogens (tertiary/aromatic N) is 6. The minimum absolute atomic E-state index is 0.556. The van der Waals surface area contributed by atoms with Crippen molar-refractivity contribution in [3.63, 3.8) is 0 Å². The zero-order valence-corrected chi connectivity index (χ0v) is 33.8. The van der Waals surface area contributed by atoms with Crippen LogP contribution < -0.4 is 0 Å². The molecule has 63 heavy (non-hydrogen) atoms. The Hall–Kier alpha value is -8.61. The van der Waals surface area contributed by atoms with Crippen molar-refractivity contribution < 1.29 is 0 Å². The largest absolute Gasteiger partial charge is 0.308 e. The lowest BCUT2D eigenvalue weighted by Crippen LogP contribution is -2.10. The summed E-state index contributed by atoms with van der Waals surface area (Å²) in [7, 11) is 0. The van der Waals surface area contributed by atoms with Crippen LogP contribution >= 0.6 is 0 Å². The Balaban J connectivity index is 1.05. The van der Waals surface area contributed by atoms with Crippen LogP contribution in [0.2, 0.25) is 0 Å². The lowest BCUT2D eigenvalue weighted by atomic mass is 10.0. The van der Waals surface area contributed by atoms with Crippen molar-refractivity contribution in [3.05, 3.63) is 206 Å². The van der Waals surface area contributed by atoms with E-state index in [4.69, 9.17) is 15.0 Å². The number of benzene rings is 9. The summed E-state index contributed by atoms with van der Waals surface area (Å²) < 4.78 is 6.83. The molecule has 0 aliphatic heterocycles. The molecule has 6 nitrogen and oxygen atoms in total. The normalized spacial score (nSPS) is 12.1. The summed E-state index contributed by atoms with van der Waals surface area (Å²) in [6.45, 7) is 0. The fraction of sp³-hybridized carbons (Fsp3) is 0. The molecule has 0 N–H and O–H groups in total. The topological polar surface area (TPSA) is 52.9 Å². The second-order valence-electron chi connectivity index (χ2n) is 16.4. The number of hydrogen-bond donors (Lipinski definition) is 0. The summed E-state index contributed by atoms with van der Waals surface area (Å²) in [6, 6.07) is 73.7. The number of rotatable bonds is 5. The molecule has 0 spiro atoms. The lowest BCUT2D eigenvalue weighted by molar-refractivity contribution is 0.893. The van der Waals surface area contributed by atoms with Gasteiger partial charge in [0.05, 0.1) is 38.6 Å². The van der Waals surface area contributed by atoms with Crippen LogP contribution in [0, 0.1) is 0 Å². The molecule has 0 fully saturated rings. The molecule has 0 saturated heterocycles. The van der Waals surface area contributed by atoms with E-state index in [0.717, 1.165) is 71.2 Å². The second kappa shape index (κ2) is 12.9. The van der Waals surface area contributed by atoms with Gasteiger partial charge in [-0.15, -0.1) is 0 Å². The first-order valence-electron chi connectivity index (χ1n) is 21.4. The number of fused-ring (bicyclic) bond motifs is 12. The number of para-hydroxylation sites is 4. The minimum atomic E-state index is 0.556. The molecule has 6 heteroatoms. The molecule has 0 radical (unpaired) electrons. The van der Waals surface area contributed by atoms with Crippen LogP contribution in [0.5, 0.6) is 0 Å². The van der Waals surface area contributed by atoms with Crippen LogP contribution in [-0.4, -0.2) is 28.5 Å². The molecule has 0 saturated carbocycles. The molecule has 0 aliphatic rings. The van der Waals surface area contributed by atoms with Crippen molar-refractivity contribution in [2.45, 2.75) is 0 Å². The van der Waals surface area contributed by atoms with Gasteiger partial charge >= 0.3 is 0 Å². The van der Waals surface area contributed by atoms with Crippen molar-refractivity contribution >= 4 is 81.7 Å². The summed E-state index contributed by atoms with van der Waals surface area (Å²) in [6.07, 6.45) is 0. The highest BCUT2D eigenvalue weighted by Crippen LogP contribution is 2.41. The Morgan fingerprint density at radius 2 is 0.635 bits per heavy atom. The summed E-state index contributed by atoms with van der Waals surface area (Å²) in [5.74, 6) is 1.71. The predicted molar refractivity (Wildman–Crippen MR) is 259 cm³/mol. The summed E-state index contributed by atoms with van der Waals surface area (Å²) in [4.78, 5) is 16.3. The highest BCUT2D eigenvalue weighted by Gasteiger charge is 2.23. The third kappa shape index (κ3) is 4.91. The molecule has 14 aromatic rings. The maximum atomic E-state index is 5.47. The third-order valence-corrected chi connectivity index (χ3v) is 13.1. The van der Waals surface area contributed by atoms with E-state index in [0.29, 0.717) is 17.7 Å². The van der Waals surface area contributed by atoms with Gasteiger partial charge in [0.25, 0.3) is 0 Å². The van der Waals surface area contributed by atoms with Gasteiger partial charge in [-0.05, 0) is 82.9 Å². The standard InChI is InChI=1S/C57H34N6/c1-3-14-35(15-4-1)37-26-29-52-45(32-37)41-19-8-11-24-49(41)62(52)56-58-55(39-28-31-51-47(34-39)44-22-13-21-43-40-18-7-10-23-48(40)61(51)54(43)44)59-57(60-56)63-50-25-12-9-20-42(50)46-33-38(27-30-53(46)63)36-16-5-2-6-17-36/h1-34H. The zero-order chi connectivity index (χ0) is 41.2. The fourth-order valence-corrected chi connectivity index (χ4v) is 10.3. The molecule has 5 heterocycles. The van der Waals surface area contributed by atoms with Gasteiger partial charge in [0.2, 0.25) is 11.9 Å². The molecule has 0 atom stereocenters. The number of aromatic nitrogens is 6. The van der Waals surface area contributed by atoms with Gasteiger partial charge in [-0.3, -0.25) is 9.13 Å². The lowest BCUT2D eigenvalue weighted by Gasteiger charge is -2.13. The van der Waals surface area contributed by atoms with Gasteiger partial charge in [-0.25, -0.2) is 0 Å². The van der Waals surface area contributed by atoms with Gasteiger partial charge in [-0.2, -0.15) is 15.0 Å². The van der Waals surface area contributed by atoms with Gasteiger partial charge in [0.1, 0.15) is 0 Å². The van der Waals surface area contributed by atoms with Gasteiger partial charge in [0.15, 0.2) is 5.82 Å². The smallest absolute Gasteiger partial charge is 0.240 e. The Morgan fingerprint density at radius 3 is 1.21 bits per heavy atom. The van der Waals surface area contributed by atoms with Crippen molar-refractivity contribution in [3.8, 4) is 45.5 Å². The maximum Gasteiger partial charge on any atom is 0.240 e. The molecule has 14 rings (SSSR count). The first-order chi connectivity index (χ1) is 31.2. The Bertz CT molecular complexity index is 3960. The van der Waals surface area contributed by atoms with Crippen LogP contribution in [0.1, 0.15) is 0 Å². The summed E-state index contributed by atoms with van der Waals surface area (Å²) in [5, 5.41) is 9.45. The molecule has 292 valence electrons. The van der Waals surface area contributed by atoms with E-state index < -0.39 is 0 Å². The van der Waals surface area contributed by atoms with Crippen LogP contribution in [0.3, 0.4) is 0 Å². The van der Waals surface area contributed by atoms with Crippen molar-refractivity contribution in [1.29, 1.82) is 0 Å². The summed E-state index contributed by atoms with van der Waals surface area (Å²) in [5.41, 5.74) is 13.3. The minimum Gasteiger partial charge on any atom is -0.308 e. The molecular formula is C57H34N6. The van der Waals surface area contributed by atoms with Crippen molar-refractivity contribution in [1.82, 2.24) is 28.5 Å². The van der Waals surface area contributed by atoms with E-state index in [-0.39, 0.29) is 0 Å². The zero-order valence-electron chi connectivity index (χ0n) is 33.8. The summed E-state index contributed by atoms with van der Waals surface area (Å²) >= 11 is 0. The van der Waals surface area contributed by atoms with Crippen LogP contribution in [0.15, 0.2) is 206 Å². The molecule has 0 aliphatic carbocycles. The monoisotopic (exact) mass is 802 g/mol. The van der Waals surface area contributed by atoms with Gasteiger partial charge in [-0.1, -0.05) is 146 Å². The Morgan fingerprint density at radius 1 is 0.254 bits per heavy atom. The van der Waals surface area contributed by atoms with Crippen molar-refractivity contribution in [2.24, 2.45) is 0 Å². The van der Waals surface area contributed by atoms with E-state index in [1.54, 1.807) is 0 Å². The quantitative estimate of drug-likeness (QED) is 0.174. The number of hydrogen-bond acceptors (Lipinski definition) is 3. The average molecular weight is 803 g/mol. The van der Waals surface area contributed by atoms with E-state index in [1.807, 2.05) is 0 Å². The van der Waals surface area contributed by atoms with E-state index in [9.17, 15) is 0 Å². The van der Waals surface area contributed by atoms with Crippen molar-refractivity contribution in [2.75, 3.05) is 0 Å². The van der Waals surface area contributed by atoms with Crippen LogP contribution in [-0.2, 0) is 0 Å². The fourth-order valence-electron chi connectivity index (χ4n) is 10.3. The third-order valence-electron chi connectivity index (χ3n) is 13.1. The maximum absolute atomic E-state index is 5.47. The molecule has 0 amide bonds. The highest BCUT2D eigenvalue weighted by atomic mass is 15.3. The van der Waals surface area contributed by atoms with Crippen LogP contribution in [0.4, 0.5) is 0 Å². The Kier molecular flexibility index (Phi) is 7.02. The molecule has 0 bridgehead atoms. The van der Waals surface area contributed by atoms with Gasteiger partial charge < -0.3 is 4.40 Å². The molecule has 5 aromatic heterocycles. The van der Waals surface area contributed by atoms with E-state index in [1.165, 1.54) is 38.3 Å². The van der Waals surface area contributed by atoms with Gasteiger partial charge in [0, 0.05) is 48.7 Å². The van der Waals surface area contributed by atoms with E-state index in [2.05, 4.69) is 220 Å². The molecule has 0 unspecified atom stereocenters. The average Bonchev–Trinajstić information content (AvgIpc) is 4.08. The highest BCUT2D eigenvalue weighted by molar-refractivity contribution is 6.23. The van der Waals surface area contributed by atoms with E-state index >= 15 is 0 Å². The first-order valence-corrected chi connectivity index (χ1v) is 21.4. The Labute approximate surface area is 360 Å². The predicted octanol–water partition coefficient (Wildman–Crippen LogP) is 14.2. The SMILES string of the molecule is c1ccc(-c2ccc3c(c2)c2ccccc2n3-c2nc(-c3ccc4c(c3)c3cccc5c6ccccc6n4c53)nc(-n3c4ccccc4c4cc(-c5ccccc5)ccc43)n2)cc1. The molecular weight excluding hydrogens is 769 g/mol. The molecule has 9 aromatic carbocycles. The van der Waals surface area contributed by atoms with Crippen LogP contribution in [0.25, 0.3) is 127 Å². The first kappa shape index (κ1) is 34.1.